The number of hydrogen-bond acceptors (Lipinski definition) is 4. The van der Waals surface area contributed by atoms with Gasteiger partial charge in [0.05, 0.1) is 5.04 Å². The van der Waals surface area contributed by atoms with Crippen LogP contribution >= 0.6 is 11.8 Å². The van der Waals surface area contributed by atoms with E-state index in [1.807, 2.05) is 13.0 Å². The van der Waals surface area contributed by atoms with Crippen LogP contribution in [0.1, 0.15) is 17.3 Å². The largest absolute Gasteiger partial charge is 0.271 e. The van der Waals surface area contributed by atoms with Crippen molar-refractivity contribution < 1.29 is 9.59 Å². The maximum absolute atomic E-state index is 11.7. The topological polar surface area (TPSA) is 70.6 Å². The van der Waals surface area contributed by atoms with Gasteiger partial charge >= 0.3 is 0 Å². The summed E-state index contributed by atoms with van der Waals surface area (Å²) in [6, 6.07) is 8.29. The first-order valence-corrected chi connectivity index (χ1v) is 6.48. The Balaban J connectivity index is 1.85. The Morgan fingerprint density at radius 3 is 2.61 bits per heavy atom. The van der Waals surface area contributed by atoms with Gasteiger partial charge in [-0.25, -0.2) is 0 Å². The highest BCUT2D eigenvalue weighted by Gasteiger charge is 2.23. The van der Waals surface area contributed by atoms with Gasteiger partial charge in [0.25, 0.3) is 11.8 Å². The van der Waals surface area contributed by atoms with Crippen molar-refractivity contribution in [3.05, 3.63) is 35.9 Å². The van der Waals surface area contributed by atoms with E-state index in [0.717, 1.165) is 5.04 Å². The molecule has 0 fully saturated rings. The van der Waals surface area contributed by atoms with Crippen LogP contribution in [-0.4, -0.2) is 28.7 Å². The molecule has 1 aromatic rings. The van der Waals surface area contributed by atoms with Crippen LogP contribution in [-0.2, 0) is 4.79 Å². The molecule has 0 spiro atoms. The number of rotatable bonds is 2. The minimum absolute atomic E-state index is 0.288. The summed E-state index contributed by atoms with van der Waals surface area (Å²) >= 11 is 1.54. The average Bonchev–Trinajstić information content (AvgIpc) is 2.83. The Bertz CT molecular complexity index is 487. The van der Waals surface area contributed by atoms with E-state index in [1.54, 1.807) is 36.0 Å². The predicted molar refractivity (Wildman–Crippen MR) is 71.4 cm³/mol. The van der Waals surface area contributed by atoms with Crippen molar-refractivity contribution in [3.8, 4) is 0 Å². The van der Waals surface area contributed by atoms with E-state index < -0.39 is 6.04 Å². The summed E-state index contributed by atoms with van der Waals surface area (Å²) in [4.78, 5) is 27.5. The summed E-state index contributed by atoms with van der Waals surface area (Å²) < 4.78 is 0. The molecule has 1 aromatic carbocycles. The SMILES string of the molecule is CC1=N[C@H](C(=O)NNC(=O)c2ccccc2)CS1. The lowest BCUT2D eigenvalue weighted by atomic mass is 10.2. The molecule has 0 unspecified atom stereocenters. The van der Waals surface area contributed by atoms with Gasteiger partial charge in [-0.05, 0) is 19.1 Å². The Morgan fingerprint density at radius 2 is 2.00 bits per heavy atom. The fraction of sp³-hybridized carbons (Fsp3) is 0.250. The summed E-state index contributed by atoms with van der Waals surface area (Å²) in [5.74, 6) is -0.00211. The Hall–Kier alpha value is -1.82. The van der Waals surface area contributed by atoms with E-state index in [-0.39, 0.29) is 11.8 Å². The molecule has 1 aliphatic heterocycles. The lowest BCUT2D eigenvalue weighted by molar-refractivity contribution is -0.122. The van der Waals surface area contributed by atoms with Crippen molar-refractivity contribution >= 4 is 28.6 Å². The zero-order valence-electron chi connectivity index (χ0n) is 9.84. The Kier molecular flexibility index (Phi) is 3.99. The van der Waals surface area contributed by atoms with Crippen molar-refractivity contribution in [3.63, 3.8) is 0 Å². The minimum Gasteiger partial charge on any atom is -0.271 e. The maximum Gasteiger partial charge on any atom is 0.269 e. The zero-order valence-corrected chi connectivity index (χ0v) is 10.7. The average molecular weight is 263 g/mol. The van der Waals surface area contributed by atoms with Gasteiger partial charge in [-0.15, -0.1) is 11.8 Å². The number of nitrogens with zero attached hydrogens (tertiary/aromatic N) is 1. The Morgan fingerprint density at radius 1 is 1.28 bits per heavy atom. The normalized spacial score (nSPS) is 18.1. The Labute approximate surface area is 109 Å². The predicted octanol–water partition coefficient (Wildman–Crippen LogP) is 0.981. The standard InChI is InChI=1S/C12H13N3O2S/c1-8-13-10(7-18-8)12(17)15-14-11(16)9-5-3-2-4-6-9/h2-6,10H,7H2,1H3,(H,14,16)(H,15,17)/t10-/m0/s1. The molecular weight excluding hydrogens is 250 g/mol. The fourth-order valence-electron chi connectivity index (χ4n) is 1.49. The van der Waals surface area contributed by atoms with Crippen LogP contribution in [0.4, 0.5) is 0 Å². The molecule has 0 bridgehead atoms. The number of thioether (sulfide) groups is 1. The third kappa shape index (κ3) is 3.10. The number of aliphatic imine (C=N–C) groups is 1. The van der Waals surface area contributed by atoms with Gasteiger partial charge in [-0.3, -0.25) is 25.4 Å². The van der Waals surface area contributed by atoms with E-state index in [9.17, 15) is 9.59 Å². The molecule has 0 aliphatic carbocycles. The van der Waals surface area contributed by atoms with Crippen LogP contribution in [0.2, 0.25) is 0 Å². The van der Waals surface area contributed by atoms with Crippen LogP contribution in [0.5, 0.6) is 0 Å². The van der Waals surface area contributed by atoms with E-state index in [2.05, 4.69) is 15.8 Å². The number of hydrazine groups is 1. The molecule has 0 radical (unpaired) electrons. The molecule has 0 saturated heterocycles. The van der Waals surface area contributed by atoms with E-state index in [1.165, 1.54) is 0 Å². The molecule has 94 valence electrons. The molecule has 5 nitrogen and oxygen atoms in total. The maximum atomic E-state index is 11.7. The number of carbonyl (C=O) groups is 2. The number of amides is 2. The fourth-order valence-corrected chi connectivity index (χ4v) is 2.32. The number of carbonyl (C=O) groups excluding carboxylic acids is 2. The third-order valence-electron chi connectivity index (χ3n) is 2.43. The van der Waals surface area contributed by atoms with E-state index in [4.69, 9.17) is 0 Å². The molecule has 1 heterocycles. The van der Waals surface area contributed by atoms with Gasteiger partial charge in [0.1, 0.15) is 6.04 Å². The van der Waals surface area contributed by atoms with Gasteiger partial charge in [-0.1, -0.05) is 18.2 Å². The summed E-state index contributed by atoms with van der Waals surface area (Å²) in [6.45, 7) is 1.86. The molecule has 2 rings (SSSR count). The lowest BCUT2D eigenvalue weighted by Gasteiger charge is -2.09. The van der Waals surface area contributed by atoms with Crippen molar-refractivity contribution in [2.45, 2.75) is 13.0 Å². The summed E-state index contributed by atoms with van der Waals surface area (Å²) in [5.41, 5.74) is 5.26. The molecule has 1 atom stereocenters. The molecule has 2 amide bonds. The second-order valence-corrected chi connectivity index (χ2v) is 5.00. The van der Waals surface area contributed by atoms with Gasteiger partial charge < -0.3 is 0 Å². The smallest absolute Gasteiger partial charge is 0.269 e. The third-order valence-corrected chi connectivity index (χ3v) is 3.43. The van der Waals surface area contributed by atoms with Crippen LogP contribution in [0.15, 0.2) is 35.3 Å². The second kappa shape index (κ2) is 5.68. The molecule has 6 heteroatoms. The van der Waals surface area contributed by atoms with Crippen molar-refractivity contribution in [2.75, 3.05) is 5.75 Å². The summed E-state index contributed by atoms with van der Waals surface area (Å²) in [6.07, 6.45) is 0. The lowest BCUT2D eigenvalue weighted by Crippen LogP contribution is -2.46. The quantitative estimate of drug-likeness (QED) is 0.781. The molecule has 0 aromatic heterocycles. The first-order chi connectivity index (χ1) is 8.66. The van der Waals surface area contributed by atoms with Crippen molar-refractivity contribution in [2.24, 2.45) is 4.99 Å². The molecule has 18 heavy (non-hydrogen) atoms. The van der Waals surface area contributed by atoms with Gasteiger partial charge in [-0.2, -0.15) is 0 Å². The first kappa shape index (κ1) is 12.6. The highest BCUT2D eigenvalue weighted by atomic mass is 32.2. The summed E-state index contributed by atoms with van der Waals surface area (Å²) in [5, 5.41) is 0.893. The highest BCUT2D eigenvalue weighted by molar-refractivity contribution is 8.14. The van der Waals surface area contributed by atoms with E-state index in [0.29, 0.717) is 11.3 Å². The van der Waals surface area contributed by atoms with Crippen molar-refractivity contribution in [1.82, 2.24) is 10.9 Å². The van der Waals surface area contributed by atoms with Crippen LogP contribution in [0, 0.1) is 0 Å². The molecular formula is C12H13N3O2S. The van der Waals surface area contributed by atoms with Crippen LogP contribution in [0.25, 0.3) is 0 Å². The van der Waals surface area contributed by atoms with Gasteiger partial charge in [0.15, 0.2) is 0 Å². The monoisotopic (exact) mass is 263 g/mol. The highest BCUT2D eigenvalue weighted by Crippen LogP contribution is 2.17. The van der Waals surface area contributed by atoms with Crippen LogP contribution in [0.3, 0.4) is 0 Å². The second-order valence-electron chi connectivity index (χ2n) is 3.78. The van der Waals surface area contributed by atoms with Gasteiger partial charge in [0.2, 0.25) is 0 Å². The van der Waals surface area contributed by atoms with Gasteiger partial charge in [0, 0.05) is 11.3 Å². The minimum atomic E-state index is -0.411. The van der Waals surface area contributed by atoms with Crippen LogP contribution < -0.4 is 10.9 Å². The molecule has 2 N–H and O–H groups in total. The number of nitrogens with one attached hydrogen (secondary N) is 2. The first-order valence-electron chi connectivity index (χ1n) is 5.49. The number of benzene rings is 1. The number of hydrogen-bond donors (Lipinski definition) is 2. The van der Waals surface area contributed by atoms with Crippen molar-refractivity contribution in [1.29, 1.82) is 0 Å². The summed E-state index contributed by atoms with van der Waals surface area (Å²) in [7, 11) is 0. The zero-order chi connectivity index (χ0) is 13.0. The molecule has 0 saturated carbocycles. The molecule has 1 aliphatic rings. The van der Waals surface area contributed by atoms with E-state index >= 15 is 0 Å².